The lowest BCUT2D eigenvalue weighted by atomic mass is 11.3. The fraction of sp³-hybridized carbons (Fsp3) is 0.667. The van der Waals surface area contributed by atoms with Crippen molar-refractivity contribution >= 4 is 17.8 Å². The molecule has 0 N–H and O–H groups in total. The first-order valence-electron chi connectivity index (χ1n) is 3.04. The molecule has 0 unspecified atom stereocenters. The van der Waals surface area contributed by atoms with Gasteiger partial charge in [-0.25, -0.2) is 0 Å². The lowest BCUT2D eigenvalue weighted by molar-refractivity contribution is 0.398. The molecule has 0 aliphatic rings. The van der Waals surface area contributed by atoms with E-state index in [9.17, 15) is 0 Å². The Morgan fingerprint density at radius 3 is 2.33 bits per heavy atom. The second kappa shape index (κ2) is 4.96. The zero-order valence-corrected chi connectivity index (χ0v) is 8.40. The molecule has 3 heteroatoms. The second-order valence-electron chi connectivity index (χ2n) is 2.31. The van der Waals surface area contributed by atoms with E-state index in [2.05, 4.69) is 26.2 Å². The van der Waals surface area contributed by atoms with Gasteiger partial charge in [-0.15, -0.1) is 6.58 Å². The Labute approximate surface area is 61.1 Å². The average molecular weight is 158 g/mol. The number of rotatable bonds is 4. The van der Waals surface area contributed by atoms with Crippen molar-refractivity contribution in [3.63, 3.8) is 0 Å². The van der Waals surface area contributed by atoms with Gasteiger partial charge in [-0.2, -0.15) is 0 Å². The van der Waals surface area contributed by atoms with E-state index in [1.165, 1.54) is 0 Å². The van der Waals surface area contributed by atoms with E-state index in [1.807, 2.05) is 5.70 Å². The molecular formula is C6H14OSi2. The van der Waals surface area contributed by atoms with Crippen LogP contribution in [0.1, 0.15) is 0 Å². The highest BCUT2D eigenvalue weighted by Crippen LogP contribution is 1.88. The normalized spacial score (nSPS) is 10.8. The minimum atomic E-state index is -0.635. The Morgan fingerprint density at radius 2 is 2.00 bits per heavy atom. The van der Waals surface area contributed by atoms with Crippen molar-refractivity contribution in [1.29, 1.82) is 0 Å². The van der Waals surface area contributed by atoms with Crippen molar-refractivity contribution in [3.05, 3.63) is 12.3 Å². The van der Waals surface area contributed by atoms with Crippen LogP contribution in [0.4, 0.5) is 0 Å². The van der Waals surface area contributed by atoms with E-state index in [1.54, 1.807) is 0 Å². The summed E-state index contributed by atoms with van der Waals surface area (Å²) < 4.78 is 5.48. The van der Waals surface area contributed by atoms with Gasteiger partial charge in [0.15, 0.2) is 0 Å². The molecule has 0 amide bonds. The van der Waals surface area contributed by atoms with Gasteiger partial charge in [-0.3, -0.25) is 0 Å². The maximum absolute atomic E-state index is 5.48. The van der Waals surface area contributed by atoms with Gasteiger partial charge >= 0.3 is 0 Å². The Balaban J connectivity index is 3.16. The van der Waals surface area contributed by atoms with Gasteiger partial charge in [0.2, 0.25) is 9.04 Å². The molecule has 0 aliphatic heterocycles. The van der Waals surface area contributed by atoms with Crippen molar-refractivity contribution in [3.8, 4) is 0 Å². The van der Waals surface area contributed by atoms with Gasteiger partial charge < -0.3 is 4.43 Å². The van der Waals surface area contributed by atoms with Crippen molar-refractivity contribution in [2.24, 2.45) is 0 Å². The monoisotopic (exact) mass is 158 g/mol. The smallest absolute Gasteiger partial charge is 0.234 e. The fourth-order valence-electron chi connectivity index (χ4n) is 0.317. The van der Waals surface area contributed by atoms with E-state index in [0.717, 1.165) is 6.23 Å². The van der Waals surface area contributed by atoms with Gasteiger partial charge in [0.05, 0.1) is 8.80 Å². The van der Waals surface area contributed by atoms with Crippen LogP contribution >= 0.6 is 0 Å². The zero-order chi connectivity index (χ0) is 7.28. The number of hydrogen-bond donors (Lipinski definition) is 0. The predicted molar refractivity (Wildman–Crippen MR) is 45.2 cm³/mol. The third kappa shape index (κ3) is 6.01. The summed E-state index contributed by atoms with van der Waals surface area (Å²) in [6.07, 6.45) is 0.974. The van der Waals surface area contributed by atoms with Crippen LogP contribution in [-0.2, 0) is 4.43 Å². The van der Waals surface area contributed by atoms with E-state index in [4.69, 9.17) is 4.43 Å². The standard InChI is InChI=1S/C6H14OSi2/c1-5-9(4)7-6-8(2)3/h5H,1,6H2,2-4H3. The molecule has 0 heterocycles. The molecule has 0 aromatic carbocycles. The van der Waals surface area contributed by atoms with Crippen molar-refractivity contribution in [2.75, 3.05) is 6.23 Å². The van der Waals surface area contributed by atoms with Crippen LogP contribution < -0.4 is 0 Å². The molecule has 0 aliphatic carbocycles. The molecule has 2 radical (unpaired) electrons. The first-order chi connectivity index (χ1) is 4.16. The van der Waals surface area contributed by atoms with Gasteiger partial charge in [-0.1, -0.05) is 18.8 Å². The van der Waals surface area contributed by atoms with Gasteiger partial charge in [0.1, 0.15) is 0 Å². The summed E-state index contributed by atoms with van der Waals surface area (Å²) in [6, 6.07) is 0. The molecule has 0 rings (SSSR count). The van der Waals surface area contributed by atoms with E-state index in [-0.39, 0.29) is 8.80 Å². The van der Waals surface area contributed by atoms with Crippen LogP contribution in [0.2, 0.25) is 19.6 Å². The summed E-state index contributed by atoms with van der Waals surface area (Å²) >= 11 is 0. The molecule has 0 fully saturated rings. The molecule has 0 saturated carbocycles. The zero-order valence-electron chi connectivity index (χ0n) is 6.40. The quantitative estimate of drug-likeness (QED) is 0.565. The maximum Gasteiger partial charge on any atom is 0.234 e. The summed E-state index contributed by atoms with van der Waals surface area (Å²) in [6.45, 7) is 10.3. The molecule has 0 bridgehead atoms. The fourth-order valence-corrected chi connectivity index (χ4v) is 2.50. The Bertz CT molecular complexity index is 83.1. The SMILES string of the molecule is C=C[Si](C)OC[Si](C)C. The van der Waals surface area contributed by atoms with Crippen LogP contribution in [0, 0.1) is 0 Å². The molecule has 9 heavy (non-hydrogen) atoms. The Kier molecular flexibility index (Phi) is 5.04. The molecule has 0 saturated heterocycles. The number of hydrogen-bond acceptors (Lipinski definition) is 1. The first-order valence-corrected chi connectivity index (χ1v) is 7.74. The summed E-state index contributed by atoms with van der Waals surface area (Å²) in [4.78, 5) is 0. The second-order valence-corrected chi connectivity index (χ2v) is 6.93. The van der Waals surface area contributed by atoms with E-state index in [0.29, 0.717) is 0 Å². The van der Waals surface area contributed by atoms with Crippen LogP contribution in [0.15, 0.2) is 12.3 Å². The highest BCUT2D eigenvalue weighted by Gasteiger charge is 2.01. The lowest BCUT2D eigenvalue weighted by Crippen LogP contribution is -2.19. The molecule has 0 aromatic rings. The topological polar surface area (TPSA) is 9.23 Å². The molecule has 0 atom stereocenters. The lowest BCUT2D eigenvalue weighted by Gasteiger charge is -2.06. The van der Waals surface area contributed by atoms with Gasteiger partial charge in [-0.05, 0) is 6.55 Å². The van der Waals surface area contributed by atoms with Crippen molar-refractivity contribution < 1.29 is 4.43 Å². The summed E-state index contributed by atoms with van der Waals surface area (Å²) in [5.41, 5.74) is 1.93. The summed E-state index contributed by atoms with van der Waals surface area (Å²) in [5.74, 6) is 0. The van der Waals surface area contributed by atoms with Crippen LogP contribution in [0.5, 0.6) is 0 Å². The average Bonchev–Trinajstić information content (AvgIpc) is 1.83. The minimum absolute atomic E-state index is 0.184. The molecule has 0 aromatic heterocycles. The maximum atomic E-state index is 5.48. The third-order valence-corrected chi connectivity index (χ3v) is 3.06. The molecular weight excluding hydrogens is 144 g/mol. The van der Waals surface area contributed by atoms with Crippen molar-refractivity contribution in [2.45, 2.75) is 19.6 Å². The van der Waals surface area contributed by atoms with Gasteiger partial charge in [0.25, 0.3) is 0 Å². The Morgan fingerprint density at radius 1 is 1.44 bits per heavy atom. The largest absolute Gasteiger partial charge is 0.416 e. The molecule has 1 nitrogen and oxygen atoms in total. The van der Waals surface area contributed by atoms with Crippen LogP contribution in [-0.4, -0.2) is 24.1 Å². The van der Waals surface area contributed by atoms with E-state index < -0.39 is 9.04 Å². The minimum Gasteiger partial charge on any atom is -0.416 e. The van der Waals surface area contributed by atoms with E-state index >= 15 is 0 Å². The van der Waals surface area contributed by atoms with Crippen LogP contribution in [0.3, 0.4) is 0 Å². The molecule has 0 spiro atoms. The highest BCUT2D eigenvalue weighted by molar-refractivity contribution is 6.60. The van der Waals surface area contributed by atoms with Gasteiger partial charge in [0, 0.05) is 6.23 Å². The Hall–Kier alpha value is 0.134. The van der Waals surface area contributed by atoms with Crippen LogP contribution in [0.25, 0.3) is 0 Å². The van der Waals surface area contributed by atoms with Crippen molar-refractivity contribution in [1.82, 2.24) is 0 Å². The highest BCUT2D eigenvalue weighted by atomic mass is 28.3. The molecule has 52 valence electrons. The summed E-state index contributed by atoms with van der Waals surface area (Å²) in [5, 5.41) is 0. The predicted octanol–water partition coefficient (Wildman–Crippen LogP) is 1.64. The first kappa shape index (κ1) is 9.13. The third-order valence-electron chi connectivity index (χ3n) is 0.876. The summed E-state index contributed by atoms with van der Waals surface area (Å²) in [7, 11) is -0.819.